The van der Waals surface area contributed by atoms with Crippen molar-refractivity contribution in [1.82, 2.24) is 15.3 Å². The zero-order valence-corrected chi connectivity index (χ0v) is 11.2. The second kappa shape index (κ2) is 6.01. The van der Waals surface area contributed by atoms with Crippen LogP contribution in [0.15, 0.2) is 30.6 Å². The maximum Gasteiger partial charge on any atom is 0.306 e. The molecule has 5 N–H and O–H groups in total. The van der Waals surface area contributed by atoms with E-state index in [1.165, 1.54) is 18.2 Å². The lowest BCUT2D eigenvalue weighted by Gasteiger charge is -2.12. The predicted molar refractivity (Wildman–Crippen MR) is 75.4 cm³/mol. The molecule has 0 saturated heterocycles. The monoisotopic (exact) mass is 290 g/mol. The van der Waals surface area contributed by atoms with E-state index >= 15 is 0 Å². The third-order valence-electron chi connectivity index (χ3n) is 2.90. The number of rotatable bonds is 5. The Kier molecular flexibility index (Phi) is 4.14. The van der Waals surface area contributed by atoms with Crippen molar-refractivity contribution in [2.24, 2.45) is 5.84 Å². The second-order valence-electron chi connectivity index (χ2n) is 4.27. The highest BCUT2D eigenvalue weighted by Crippen LogP contribution is 2.28. The third-order valence-corrected chi connectivity index (χ3v) is 2.90. The van der Waals surface area contributed by atoms with Crippen LogP contribution in [0.3, 0.4) is 0 Å². The van der Waals surface area contributed by atoms with Gasteiger partial charge in [0.2, 0.25) is 0 Å². The van der Waals surface area contributed by atoms with E-state index in [1.807, 2.05) is 0 Å². The van der Waals surface area contributed by atoms with Crippen molar-refractivity contribution < 1.29 is 9.72 Å². The Bertz CT molecular complexity index is 655. The fourth-order valence-corrected chi connectivity index (χ4v) is 1.90. The van der Waals surface area contributed by atoms with E-state index in [4.69, 9.17) is 5.84 Å². The maximum atomic E-state index is 12.2. The van der Waals surface area contributed by atoms with Crippen molar-refractivity contribution in [2.45, 2.75) is 13.0 Å². The van der Waals surface area contributed by atoms with Crippen LogP contribution in [-0.4, -0.2) is 20.8 Å². The van der Waals surface area contributed by atoms with E-state index in [2.05, 4.69) is 20.7 Å². The number of hydrogen-bond donors (Lipinski definition) is 4. The maximum absolute atomic E-state index is 12.2. The number of nitrogens with two attached hydrogens (primary N) is 1. The number of nitrogen functional groups attached to an aromatic ring is 1. The van der Waals surface area contributed by atoms with Crippen molar-refractivity contribution in [3.63, 3.8) is 0 Å². The lowest BCUT2D eigenvalue weighted by molar-refractivity contribution is -0.384. The van der Waals surface area contributed by atoms with Crippen LogP contribution in [0.5, 0.6) is 0 Å². The third kappa shape index (κ3) is 2.98. The van der Waals surface area contributed by atoms with Crippen molar-refractivity contribution in [2.75, 3.05) is 5.43 Å². The minimum absolute atomic E-state index is 0.0679. The first-order valence-electron chi connectivity index (χ1n) is 6.08. The highest BCUT2D eigenvalue weighted by molar-refractivity contribution is 6.00. The number of benzene rings is 1. The van der Waals surface area contributed by atoms with Crippen LogP contribution < -0.4 is 16.6 Å². The molecule has 0 aliphatic heterocycles. The van der Waals surface area contributed by atoms with Gasteiger partial charge in [-0.2, -0.15) is 0 Å². The summed E-state index contributed by atoms with van der Waals surface area (Å²) >= 11 is 0. The van der Waals surface area contributed by atoms with Gasteiger partial charge in [-0.25, -0.2) is 4.98 Å². The fourth-order valence-electron chi connectivity index (χ4n) is 1.90. The van der Waals surface area contributed by atoms with E-state index in [0.717, 1.165) is 0 Å². The minimum atomic E-state index is -0.651. The zero-order chi connectivity index (χ0) is 15.4. The standard InChI is InChI=1S/C12H14N6O3/c1-7(11-14-5-6-15-11)16-12(19)8-3-2-4-9(17-13)10(8)18(20)21/h2-7,17H,13H2,1H3,(H,14,15)(H,16,19). The number of amides is 1. The molecular weight excluding hydrogens is 276 g/mol. The van der Waals surface area contributed by atoms with Gasteiger partial charge in [0, 0.05) is 12.4 Å². The van der Waals surface area contributed by atoms with E-state index < -0.39 is 16.9 Å². The molecule has 110 valence electrons. The molecule has 9 nitrogen and oxygen atoms in total. The largest absolute Gasteiger partial charge is 0.347 e. The number of anilines is 1. The first-order valence-corrected chi connectivity index (χ1v) is 6.08. The molecule has 0 radical (unpaired) electrons. The number of carbonyl (C=O) groups excluding carboxylic acids is 1. The number of nitrogens with zero attached hydrogens (tertiary/aromatic N) is 2. The van der Waals surface area contributed by atoms with Gasteiger partial charge >= 0.3 is 5.69 Å². The quantitative estimate of drug-likeness (QED) is 0.369. The molecule has 1 aromatic heterocycles. The zero-order valence-electron chi connectivity index (χ0n) is 11.2. The molecule has 0 aliphatic rings. The molecule has 1 heterocycles. The molecule has 0 bridgehead atoms. The molecule has 2 aromatic rings. The summed E-state index contributed by atoms with van der Waals surface area (Å²) in [5, 5.41) is 13.8. The first-order chi connectivity index (χ1) is 10.0. The number of nitro benzene ring substituents is 1. The van der Waals surface area contributed by atoms with Crippen molar-refractivity contribution >= 4 is 17.3 Å². The second-order valence-corrected chi connectivity index (χ2v) is 4.27. The van der Waals surface area contributed by atoms with Crippen LogP contribution >= 0.6 is 0 Å². The van der Waals surface area contributed by atoms with Gasteiger partial charge in [-0.15, -0.1) is 0 Å². The molecular formula is C12H14N6O3. The van der Waals surface area contributed by atoms with Crippen LogP contribution in [0.1, 0.15) is 29.1 Å². The van der Waals surface area contributed by atoms with Crippen LogP contribution in [0, 0.1) is 10.1 Å². The number of aromatic amines is 1. The molecule has 0 aliphatic carbocycles. The average Bonchev–Trinajstić information content (AvgIpc) is 3.00. The summed E-state index contributed by atoms with van der Waals surface area (Å²) in [7, 11) is 0. The molecule has 0 saturated carbocycles. The van der Waals surface area contributed by atoms with Crippen molar-refractivity contribution in [1.29, 1.82) is 0 Å². The minimum Gasteiger partial charge on any atom is -0.347 e. The number of para-hydroxylation sites is 1. The Morgan fingerprint density at radius 2 is 2.29 bits per heavy atom. The van der Waals surface area contributed by atoms with Crippen LogP contribution in [-0.2, 0) is 0 Å². The summed E-state index contributed by atoms with van der Waals surface area (Å²) < 4.78 is 0. The van der Waals surface area contributed by atoms with Gasteiger partial charge in [0.15, 0.2) is 0 Å². The van der Waals surface area contributed by atoms with E-state index in [1.54, 1.807) is 19.3 Å². The van der Waals surface area contributed by atoms with E-state index in [0.29, 0.717) is 5.82 Å². The number of nitrogens with one attached hydrogen (secondary N) is 3. The first kappa shape index (κ1) is 14.5. The summed E-state index contributed by atoms with van der Waals surface area (Å²) in [5.41, 5.74) is 1.83. The van der Waals surface area contributed by atoms with Gasteiger partial charge in [0.25, 0.3) is 5.91 Å². The number of hydrazine groups is 1. The normalized spacial score (nSPS) is 11.7. The Morgan fingerprint density at radius 1 is 1.52 bits per heavy atom. The molecule has 21 heavy (non-hydrogen) atoms. The number of hydrogen-bond acceptors (Lipinski definition) is 6. The summed E-state index contributed by atoms with van der Waals surface area (Å²) in [4.78, 5) is 29.6. The van der Waals surface area contributed by atoms with Crippen LogP contribution in [0.4, 0.5) is 11.4 Å². The Labute approximate surface area is 119 Å². The lowest BCUT2D eigenvalue weighted by Crippen LogP contribution is -2.28. The van der Waals surface area contributed by atoms with Gasteiger partial charge in [0.1, 0.15) is 17.1 Å². The Hall–Kier alpha value is -2.94. The SMILES string of the molecule is CC(NC(=O)c1cccc(NN)c1[N+](=O)[O-])c1ncc[nH]1. The number of carbonyl (C=O) groups is 1. The van der Waals surface area contributed by atoms with Gasteiger partial charge in [-0.3, -0.25) is 20.8 Å². The Balaban J connectivity index is 2.29. The van der Waals surface area contributed by atoms with Gasteiger partial charge in [-0.05, 0) is 19.1 Å². The van der Waals surface area contributed by atoms with Crippen LogP contribution in [0.2, 0.25) is 0 Å². The van der Waals surface area contributed by atoms with Gasteiger partial charge in [0.05, 0.1) is 11.0 Å². The summed E-state index contributed by atoms with van der Waals surface area (Å²) in [6, 6.07) is 3.88. The number of H-pyrrole nitrogens is 1. The Morgan fingerprint density at radius 3 is 2.86 bits per heavy atom. The number of nitro groups is 1. The number of imidazole rings is 1. The van der Waals surface area contributed by atoms with Crippen LogP contribution in [0.25, 0.3) is 0 Å². The van der Waals surface area contributed by atoms with Crippen molar-refractivity contribution in [3.8, 4) is 0 Å². The molecule has 1 aromatic carbocycles. The van der Waals surface area contributed by atoms with E-state index in [9.17, 15) is 14.9 Å². The van der Waals surface area contributed by atoms with E-state index in [-0.39, 0.29) is 16.9 Å². The number of aromatic nitrogens is 2. The molecule has 1 atom stereocenters. The molecule has 0 spiro atoms. The summed E-state index contributed by atoms with van der Waals surface area (Å²) in [5.74, 6) is 5.21. The van der Waals surface area contributed by atoms with Gasteiger partial charge < -0.3 is 15.7 Å². The smallest absolute Gasteiger partial charge is 0.306 e. The lowest BCUT2D eigenvalue weighted by atomic mass is 10.1. The summed E-state index contributed by atoms with van der Waals surface area (Å²) in [6.07, 6.45) is 3.18. The highest BCUT2D eigenvalue weighted by atomic mass is 16.6. The molecule has 2 rings (SSSR count). The predicted octanol–water partition coefficient (Wildman–Crippen LogP) is 1.09. The summed E-state index contributed by atoms with van der Waals surface area (Å²) in [6.45, 7) is 1.72. The van der Waals surface area contributed by atoms with Crippen molar-refractivity contribution in [3.05, 3.63) is 52.1 Å². The topological polar surface area (TPSA) is 139 Å². The molecule has 9 heteroatoms. The molecule has 1 amide bonds. The average molecular weight is 290 g/mol. The molecule has 1 unspecified atom stereocenters. The van der Waals surface area contributed by atoms with Gasteiger partial charge in [-0.1, -0.05) is 6.07 Å². The highest BCUT2D eigenvalue weighted by Gasteiger charge is 2.25. The molecule has 0 fully saturated rings. The fraction of sp³-hybridized carbons (Fsp3) is 0.167.